The van der Waals surface area contributed by atoms with Crippen molar-refractivity contribution >= 4 is 11.8 Å². The first-order valence-corrected chi connectivity index (χ1v) is 9.77. The summed E-state index contributed by atoms with van der Waals surface area (Å²) in [5, 5.41) is 3.32. The number of hydrogen-bond donors (Lipinski definition) is 2. The minimum Gasteiger partial charge on any atom is -0.477 e. The molecule has 0 spiro atoms. The summed E-state index contributed by atoms with van der Waals surface area (Å²) in [5.74, 6) is 1.58. The molecule has 24 heavy (non-hydrogen) atoms. The summed E-state index contributed by atoms with van der Waals surface area (Å²) in [5.41, 5.74) is 5.74. The summed E-state index contributed by atoms with van der Waals surface area (Å²) in [6, 6.07) is 1.83. The Morgan fingerprint density at radius 3 is 2.17 bits per heavy atom. The number of unbranched alkanes of at least 4 members (excludes halogenated alkanes) is 9. The van der Waals surface area contributed by atoms with E-state index in [9.17, 15) is 0 Å². The molecule has 0 radical (unpaired) electrons. The van der Waals surface area contributed by atoms with E-state index in [-0.39, 0.29) is 5.95 Å². The van der Waals surface area contributed by atoms with Crippen molar-refractivity contribution < 1.29 is 4.74 Å². The van der Waals surface area contributed by atoms with Gasteiger partial charge < -0.3 is 15.8 Å². The van der Waals surface area contributed by atoms with Crippen LogP contribution in [0.1, 0.15) is 84.5 Å². The molecule has 1 aromatic rings. The SMILES string of the molecule is CCCCCCCCCCCNc1cc(OCCCC)nc(N)n1. The van der Waals surface area contributed by atoms with Gasteiger partial charge in [-0.25, -0.2) is 0 Å². The normalized spacial score (nSPS) is 10.8. The molecule has 0 aliphatic carbocycles. The van der Waals surface area contributed by atoms with Gasteiger partial charge in [-0.2, -0.15) is 9.97 Å². The highest BCUT2D eigenvalue weighted by atomic mass is 16.5. The molecule has 5 nitrogen and oxygen atoms in total. The van der Waals surface area contributed by atoms with Crippen molar-refractivity contribution in [2.45, 2.75) is 84.5 Å². The van der Waals surface area contributed by atoms with Gasteiger partial charge in [-0.15, -0.1) is 0 Å². The molecule has 0 unspecified atom stereocenters. The largest absolute Gasteiger partial charge is 0.477 e. The van der Waals surface area contributed by atoms with Crippen LogP contribution in [0.3, 0.4) is 0 Å². The number of hydrogen-bond acceptors (Lipinski definition) is 5. The minimum atomic E-state index is 0.263. The quantitative estimate of drug-likeness (QED) is 0.432. The third-order valence-corrected chi connectivity index (χ3v) is 4.05. The predicted molar refractivity (Wildman–Crippen MR) is 103 cm³/mol. The van der Waals surface area contributed by atoms with Crippen LogP contribution >= 0.6 is 0 Å². The first-order valence-electron chi connectivity index (χ1n) is 9.77. The average molecular weight is 337 g/mol. The zero-order chi connectivity index (χ0) is 17.5. The van der Waals surface area contributed by atoms with Gasteiger partial charge in [0.25, 0.3) is 0 Å². The van der Waals surface area contributed by atoms with Crippen LogP contribution in [0.2, 0.25) is 0 Å². The highest BCUT2D eigenvalue weighted by Crippen LogP contribution is 2.15. The topological polar surface area (TPSA) is 73.1 Å². The maximum absolute atomic E-state index is 5.74. The van der Waals surface area contributed by atoms with Gasteiger partial charge in [0.15, 0.2) is 0 Å². The van der Waals surface area contributed by atoms with E-state index in [1.54, 1.807) is 0 Å². The lowest BCUT2D eigenvalue weighted by Crippen LogP contribution is -2.08. The van der Waals surface area contributed by atoms with Gasteiger partial charge in [-0.1, -0.05) is 71.6 Å². The maximum Gasteiger partial charge on any atom is 0.225 e. The number of ether oxygens (including phenoxy) is 1. The van der Waals surface area contributed by atoms with E-state index in [4.69, 9.17) is 10.5 Å². The van der Waals surface area contributed by atoms with E-state index < -0.39 is 0 Å². The van der Waals surface area contributed by atoms with Crippen LogP contribution in [0.4, 0.5) is 11.8 Å². The van der Waals surface area contributed by atoms with E-state index in [2.05, 4.69) is 29.1 Å². The van der Waals surface area contributed by atoms with Crippen LogP contribution < -0.4 is 15.8 Å². The van der Waals surface area contributed by atoms with Crippen molar-refractivity contribution in [2.75, 3.05) is 24.2 Å². The van der Waals surface area contributed by atoms with Crippen LogP contribution in [0, 0.1) is 0 Å². The molecule has 0 aliphatic rings. The fourth-order valence-corrected chi connectivity index (χ4v) is 2.58. The molecule has 1 heterocycles. The van der Waals surface area contributed by atoms with Crippen LogP contribution in [0.5, 0.6) is 5.88 Å². The van der Waals surface area contributed by atoms with Gasteiger partial charge in [0.05, 0.1) is 6.61 Å². The van der Waals surface area contributed by atoms with Crippen LogP contribution in [0.25, 0.3) is 0 Å². The number of rotatable bonds is 15. The Hall–Kier alpha value is -1.52. The number of nitrogens with one attached hydrogen (secondary N) is 1. The molecule has 0 atom stereocenters. The summed E-state index contributed by atoms with van der Waals surface area (Å²) in [7, 11) is 0. The number of nitrogens with two attached hydrogens (primary N) is 1. The van der Waals surface area contributed by atoms with E-state index in [0.717, 1.165) is 31.6 Å². The Bertz CT molecular complexity index is 426. The fraction of sp³-hybridized carbons (Fsp3) is 0.789. The molecule has 5 heteroatoms. The fourth-order valence-electron chi connectivity index (χ4n) is 2.58. The van der Waals surface area contributed by atoms with Gasteiger partial charge in [-0.05, 0) is 12.8 Å². The highest BCUT2D eigenvalue weighted by molar-refractivity contribution is 5.42. The van der Waals surface area contributed by atoms with Crippen molar-refractivity contribution in [1.82, 2.24) is 9.97 Å². The zero-order valence-corrected chi connectivity index (χ0v) is 15.6. The first-order chi connectivity index (χ1) is 11.8. The molecular formula is C19H36N4O. The van der Waals surface area contributed by atoms with Crippen molar-refractivity contribution in [3.8, 4) is 5.88 Å². The Morgan fingerprint density at radius 2 is 1.50 bits per heavy atom. The van der Waals surface area contributed by atoms with Gasteiger partial charge in [0.1, 0.15) is 5.82 Å². The number of anilines is 2. The third-order valence-electron chi connectivity index (χ3n) is 4.05. The van der Waals surface area contributed by atoms with Gasteiger partial charge in [0, 0.05) is 12.6 Å². The van der Waals surface area contributed by atoms with Crippen LogP contribution in [-0.4, -0.2) is 23.1 Å². The van der Waals surface area contributed by atoms with E-state index >= 15 is 0 Å². The zero-order valence-electron chi connectivity index (χ0n) is 15.6. The Morgan fingerprint density at radius 1 is 0.875 bits per heavy atom. The van der Waals surface area contributed by atoms with Crippen molar-refractivity contribution in [3.63, 3.8) is 0 Å². The molecule has 0 aromatic carbocycles. The van der Waals surface area contributed by atoms with Crippen LogP contribution in [-0.2, 0) is 0 Å². The molecule has 0 aliphatic heterocycles. The van der Waals surface area contributed by atoms with Gasteiger partial charge >= 0.3 is 0 Å². The van der Waals surface area contributed by atoms with Crippen LogP contribution in [0.15, 0.2) is 6.07 Å². The standard InChI is InChI=1S/C19H36N4O/c1-3-5-7-8-9-10-11-12-13-14-21-17-16-18(23-19(20)22-17)24-15-6-4-2/h16H,3-15H2,1-2H3,(H3,20,21,22,23). The molecular weight excluding hydrogens is 300 g/mol. The van der Waals surface area contributed by atoms with E-state index in [1.165, 1.54) is 51.4 Å². The molecule has 0 saturated heterocycles. The molecule has 0 saturated carbocycles. The van der Waals surface area contributed by atoms with E-state index in [0.29, 0.717) is 12.5 Å². The minimum absolute atomic E-state index is 0.263. The number of nitrogens with zero attached hydrogens (tertiary/aromatic N) is 2. The monoisotopic (exact) mass is 336 g/mol. The van der Waals surface area contributed by atoms with Crippen molar-refractivity contribution in [1.29, 1.82) is 0 Å². The second kappa shape index (κ2) is 13.9. The molecule has 1 rings (SSSR count). The lowest BCUT2D eigenvalue weighted by molar-refractivity contribution is 0.298. The third kappa shape index (κ3) is 10.3. The summed E-state index contributed by atoms with van der Waals surface area (Å²) in [6.45, 7) is 5.99. The lowest BCUT2D eigenvalue weighted by Gasteiger charge is -2.09. The summed E-state index contributed by atoms with van der Waals surface area (Å²) in [4.78, 5) is 8.32. The summed E-state index contributed by atoms with van der Waals surface area (Å²) < 4.78 is 5.60. The van der Waals surface area contributed by atoms with Gasteiger partial charge in [-0.3, -0.25) is 0 Å². The molecule has 3 N–H and O–H groups in total. The number of aromatic nitrogens is 2. The second-order valence-electron chi connectivity index (χ2n) is 6.41. The molecule has 0 amide bonds. The molecule has 1 aromatic heterocycles. The first kappa shape index (κ1) is 20.5. The molecule has 0 bridgehead atoms. The highest BCUT2D eigenvalue weighted by Gasteiger charge is 2.03. The van der Waals surface area contributed by atoms with Gasteiger partial charge in [0.2, 0.25) is 11.8 Å². The Labute approximate surface area is 147 Å². The lowest BCUT2D eigenvalue weighted by atomic mass is 10.1. The van der Waals surface area contributed by atoms with E-state index in [1.807, 2.05) is 6.07 Å². The summed E-state index contributed by atoms with van der Waals surface area (Å²) >= 11 is 0. The Kier molecular flexibility index (Phi) is 11.9. The maximum atomic E-state index is 5.74. The predicted octanol–water partition coefficient (Wildman–Crippen LogP) is 5.18. The number of nitrogen functional groups attached to an aromatic ring is 1. The summed E-state index contributed by atoms with van der Waals surface area (Å²) in [6.07, 6.45) is 14.1. The second-order valence-corrected chi connectivity index (χ2v) is 6.41. The van der Waals surface area contributed by atoms with Crippen molar-refractivity contribution in [2.24, 2.45) is 0 Å². The molecule has 0 fully saturated rings. The Balaban J connectivity index is 2.11. The smallest absolute Gasteiger partial charge is 0.225 e. The molecule has 138 valence electrons. The average Bonchev–Trinajstić information content (AvgIpc) is 2.56. The van der Waals surface area contributed by atoms with Crippen molar-refractivity contribution in [3.05, 3.63) is 6.07 Å².